The van der Waals surface area contributed by atoms with E-state index >= 15 is 0 Å². The molecule has 0 aliphatic heterocycles. The Morgan fingerprint density at radius 1 is 0.313 bits per heavy atom. The average Bonchev–Trinajstić information content (AvgIpc) is 4.12. The Hall–Kier alpha value is -8.46. The van der Waals surface area contributed by atoms with Crippen LogP contribution in [0.1, 0.15) is 36.1 Å². The van der Waals surface area contributed by atoms with Crippen molar-refractivity contribution in [2.75, 3.05) is 0 Å². The maximum atomic E-state index is 2.54. The summed E-state index contributed by atoms with van der Waals surface area (Å²) in [6.45, 7) is 4.00. The van der Waals surface area contributed by atoms with Gasteiger partial charge in [-0.1, -0.05) is 208 Å². The van der Waals surface area contributed by atoms with E-state index < -0.39 is 5.41 Å². The molecule has 0 saturated carbocycles. The fraction of sp³-hybridized carbons (Fsp3) is 0.0462. The normalized spacial score (nSPS) is 13.0. The van der Waals surface area contributed by atoms with E-state index in [1.165, 1.54) is 121 Å². The number of hydrogen-bond acceptors (Lipinski definition) is 0. The average molecular weight is 853 g/mol. The zero-order valence-corrected chi connectivity index (χ0v) is 37.3. The van der Waals surface area contributed by atoms with E-state index in [-0.39, 0.29) is 0 Å². The summed E-state index contributed by atoms with van der Waals surface area (Å²) >= 11 is 0. The maximum absolute atomic E-state index is 2.54. The molecule has 0 fully saturated rings. The van der Waals surface area contributed by atoms with Crippen LogP contribution in [0.2, 0.25) is 0 Å². The summed E-state index contributed by atoms with van der Waals surface area (Å²) in [6.07, 6.45) is 0. The van der Waals surface area contributed by atoms with Gasteiger partial charge in [-0.3, -0.25) is 0 Å². The van der Waals surface area contributed by atoms with Crippen molar-refractivity contribution < 1.29 is 0 Å². The minimum atomic E-state index is -0.407. The third-order valence-corrected chi connectivity index (χ3v) is 14.9. The van der Waals surface area contributed by atoms with Crippen LogP contribution in [0, 0.1) is 0 Å². The molecule has 0 radical (unpaired) electrons. The summed E-state index contributed by atoms with van der Waals surface area (Å²) in [7, 11) is 0. The van der Waals surface area contributed by atoms with Gasteiger partial charge in [0.1, 0.15) is 0 Å². The second-order valence-electron chi connectivity index (χ2n) is 17.9. The van der Waals surface area contributed by atoms with Gasteiger partial charge in [0.2, 0.25) is 0 Å². The predicted octanol–water partition coefficient (Wildman–Crippen LogP) is 17.2. The van der Waals surface area contributed by atoms with Crippen molar-refractivity contribution in [2.45, 2.75) is 19.3 Å². The van der Waals surface area contributed by atoms with E-state index in [1.807, 2.05) is 13.8 Å². The number of para-hydroxylation sites is 2. The summed E-state index contributed by atoms with van der Waals surface area (Å²) in [5.41, 5.74) is 20.0. The van der Waals surface area contributed by atoms with Gasteiger partial charge in [-0.2, -0.15) is 0 Å². The fourth-order valence-corrected chi connectivity index (χ4v) is 12.5. The van der Waals surface area contributed by atoms with E-state index in [4.69, 9.17) is 0 Å². The van der Waals surface area contributed by atoms with Gasteiger partial charge in [-0.05, 0) is 97.4 Å². The van der Waals surface area contributed by atoms with Crippen LogP contribution in [0.3, 0.4) is 0 Å². The van der Waals surface area contributed by atoms with Gasteiger partial charge < -0.3 is 9.13 Å². The van der Waals surface area contributed by atoms with E-state index in [9.17, 15) is 0 Å². The standard InChI is InChI=1S/C63H38N2.C2H6/c1-3-19-41(20-4-1)64-56-37-35-40(43-29-17-33-55-57(43)49-28-13-16-32-54(49)63(55)52-30-14-11-24-45(52)46-25-12-15-31-53(46)63)38-51(56)59-58-50-36-34-39-18-7-8-23-44(39)60(50)65(42-21-5-2-6-22-42)62(58)48-27-10-9-26-47(48)61(59)64;1-2/h1-38H;1-2H3. The van der Waals surface area contributed by atoms with Crippen LogP contribution in [-0.4, -0.2) is 9.13 Å². The Morgan fingerprint density at radius 2 is 0.806 bits per heavy atom. The Labute approximate surface area is 389 Å². The van der Waals surface area contributed by atoms with Crippen LogP contribution in [0.25, 0.3) is 110 Å². The van der Waals surface area contributed by atoms with Crippen LogP contribution >= 0.6 is 0 Å². The predicted molar refractivity (Wildman–Crippen MR) is 283 cm³/mol. The highest BCUT2D eigenvalue weighted by Gasteiger charge is 2.52. The molecule has 13 aromatic rings. The quantitative estimate of drug-likeness (QED) is 0.168. The minimum absolute atomic E-state index is 0.407. The monoisotopic (exact) mass is 852 g/mol. The highest BCUT2D eigenvalue weighted by Crippen LogP contribution is 2.64. The van der Waals surface area contributed by atoms with Crippen molar-refractivity contribution in [2.24, 2.45) is 0 Å². The van der Waals surface area contributed by atoms with Crippen LogP contribution in [0.4, 0.5) is 0 Å². The van der Waals surface area contributed by atoms with Crippen molar-refractivity contribution in [3.63, 3.8) is 0 Å². The van der Waals surface area contributed by atoms with Crippen LogP contribution in [-0.2, 0) is 5.41 Å². The number of hydrogen-bond donors (Lipinski definition) is 0. The molecule has 67 heavy (non-hydrogen) atoms. The molecule has 0 unspecified atom stereocenters. The van der Waals surface area contributed by atoms with Gasteiger partial charge in [0.25, 0.3) is 0 Å². The summed E-state index contributed by atoms with van der Waals surface area (Å²) in [5, 5.41) is 10.0. The second-order valence-corrected chi connectivity index (χ2v) is 17.9. The molecule has 0 N–H and O–H groups in total. The first-order valence-corrected chi connectivity index (χ1v) is 23.7. The molecule has 15 rings (SSSR count). The first kappa shape index (κ1) is 37.9. The van der Waals surface area contributed by atoms with Crippen molar-refractivity contribution in [3.8, 4) is 44.8 Å². The molecule has 2 aliphatic carbocycles. The van der Waals surface area contributed by atoms with E-state index in [0.717, 1.165) is 11.4 Å². The third-order valence-electron chi connectivity index (χ3n) is 14.9. The van der Waals surface area contributed by atoms with E-state index in [1.54, 1.807) is 0 Å². The van der Waals surface area contributed by atoms with Crippen molar-refractivity contribution in [3.05, 3.63) is 253 Å². The zero-order valence-electron chi connectivity index (χ0n) is 37.3. The number of benzene rings is 11. The molecule has 2 heteroatoms. The van der Waals surface area contributed by atoms with Crippen LogP contribution < -0.4 is 0 Å². The highest BCUT2D eigenvalue weighted by atomic mass is 15.0. The number of fused-ring (bicyclic) bond motifs is 22. The van der Waals surface area contributed by atoms with Crippen molar-refractivity contribution in [1.82, 2.24) is 9.13 Å². The lowest BCUT2D eigenvalue weighted by molar-refractivity contribution is 0.794. The van der Waals surface area contributed by atoms with Gasteiger partial charge >= 0.3 is 0 Å². The van der Waals surface area contributed by atoms with Crippen molar-refractivity contribution in [1.29, 1.82) is 0 Å². The third kappa shape index (κ3) is 4.89. The molecule has 0 atom stereocenters. The lowest BCUT2D eigenvalue weighted by Crippen LogP contribution is -2.25. The second kappa shape index (κ2) is 14.3. The summed E-state index contributed by atoms with van der Waals surface area (Å²) in [6, 6.07) is 86.2. The van der Waals surface area contributed by atoms with Gasteiger partial charge in [0, 0.05) is 49.1 Å². The molecule has 2 heterocycles. The molecule has 0 bridgehead atoms. The Kier molecular flexibility index (Phi) is 8.06. The first-order chi connectivity index (χ1) is 33.3. The molecule has 2 nitrogen and oxygen atoms in total. The Morgan fingerprint density at radius 3 is 1.48 bits per heavy atom. The van der Waals surface area contributed by atoms with Gasteiger partial charge in [-0.15, -0.1) is 0 Å². The van der Waals surface area contributed by atoms with Crippen LogP contribution in [0.5, 0.6) is 0 Å². The van der Waals surface area contributed by atoms with E-state index in [0.29, 0.717) is 0 Å². The maximum Gasteiger partial charge on any atom is 0.0725 e. The van der Waals surface area contributed by atoms with Gasteiger partial charge in [0.05, 0.1) is 27.5 Å². The number of rotatable bonds is 3. The van der Waals surface area contributed by atoms with Gasteiger partial charge in [0.15, 0.2) is 0 Å². The Bertz CT molecular complexity index is 4120. The highest BCUT2D eigenvalue weighted by molar-refractivity contribution is 6.39. The fourth-order valence-electron chi connectivity index (χ4n) is 12.5. The summed E-state index contributed by atoms with van der Waals surface area (Å²) in [4.78, 5) is 0. The number of nitrogens with zero attached hydrogens (tertiary/aromatic N) is 2. The summed E-state index contributed by atoms with van der Waals surface area (Å²) in [5.74, 6) is 0. The van der Waals surface area contributed by atoms with Gasteiger partial charge in [-0.25, -0.2) is 0 Å². The van der Waals surface area contributed by atoms with Crippen molar-refractivity contribution >= 4 is 65.2 Å². The Balaban J connectivity index is 0.00000211. The molecule has 11 aromatic carbocycles. The molecule has 2 aliphatic rings. The molecule has 0 amide bonds. The molecular formula is C65H44N2. The lowest BCUT2D eigenvalue weighted by Gasteiger charge is -2.30. The molecular weight excluding hydrogens is 809 g/mol. The van der Waals surface area contributed by atoms with E-state index in [2.05, 4.69) is 240 Å². The SMILES string of the molecule is CC.c1ccc(-n2c3ccc(-c4cccc5c4-c4ccccc4C54c5ccccc5-c5ccccc54)cc3c3c4c5ccc6ccccc6c5n(-c5ccccc5)c4c4ccccc4c32)cc1. The molecule has 1 spiro atoms. The largest absolute Gasteiger partial charge is 0.309 e. The molecule has 0 saturated heterocycles. The molecule has 2 aromatic heterocycles. The zero-order chi connectivity index (χ0) is 44.4. The topological polar surface area (TPSA) is 9.86 Å². The first-order valence-electron chi connectivity index (χ1n) is 23.7. The van der Waals surface area contributed by atoms with Crippen LogP contribution in [0.15, 0.2) is 231 Å². The summed E-state index contributed by atoms with van der Waals surface area (Å²) < 4.78 is 5.07. The minimum Gasteiger partial charge on any atom is -0.309 e. The lowest BCUT2D eigenvalue weighted by atomic mass is 9.70. The number of aromatic nitrogens is 2. The smallest absolute Gasteiger partial charge is 0.0725 e. The molecule has 314 valence electrons.